The van der Waals surface area contributed by atoms with Crippen LogP contribution in [0.4, 0.5) is 4.79 Å². The second-order valence-corrected chi connectivity index (χ2v) is 6.34. The Kier molecular flexibility index (Phi) is 7.05. The van der Waals surface area contributed by atoms with Gasteiger partial charge in [0, 0.05) is 11.3 Å². The molecule has 1 fully saturated rings. The SMILES string of the molecule is CCCC(NC(=O)NC1CCCC1SCC)C(=O)O. The van der Waals surface area contributed by atoms with E-state index in [9.17, 15) is 9.59 Å². The fourth-order valence-corrected chi connectivity index (χ4v) is 3.62. The van der Waals surface area contributed by atoms with Crippen LogP contribution in [0.5, 0.6) is 0 Å². The van der Waals surface area contributed by atoms with Crippen molar-refractivity contribution in [3.05, 3.63) is 0 Å². The molecule has 3 unspecified atom stereocenters. The molecule has 19 heavy (non-hydrogen) atoms. The van der Waals surface area contributed by atoms with Crippen LogP contribution in [-0.4, -0.2) is 40.2 Å². The number of thioether (sulfide) groups is 1. The summed E-state index contributed by atoms with van der Waals surface area (Å²) < 4.78 is 0. The fourth-order valence-electron chi connectivity index (χ4n) is 2.42. The van der Waals surface area contributed by atoms with Crippen LogP contribution in [0.3, 0.4) is 0 Å². The van der Waals surface area contributed by atoms with Gasteiger partial charge in [-0.05, 0) is 25.0 Å². The summed E-state index contributed by atoms with van der Waals surface area (Å²) in [6.07, 6.45) is 4.42. The summed E-state index contributed by atoms with van der Waals surface area (Å²) in [7, 11) is 0. The number of carbonyl (C=O) groups excluding carboxylic acids is 1. The number of hydrogen-bond donors (Lipinski definition) is 3. The van der Waals surface area contributed by atoms with Gasteiger partial charge < -0.3 is 15.7 Å². The summed E-state index contributed by atoms with van der Waals surface area (Å²) in [6, 6.07) is -0.973. The van der Waals surface area contributed by atoms with E-state index in [1.54, 1.807) is 0 Å². The van der Waals surface area contributed by atoms with E-state index in [0.29, 0.717) is 11.7 Å². The number of amides is 2. The van der Waals surface area contributed by atoms with Crippen LogP contribution in [0.15, 0.2) is 0 Å². The van der Waals surface area contributed by atoms with Gasteiger partial charge in [-0.2, -0.15) is 11.8 Å². The number of carboxylic acids is 1. The molecular formula is C13H24N2O3S. The highest BCUT2D eigenvalue weighted by Gasteiger charge is 2.29. The van der Waals surface area contributed by atoms with Crippen molar-refractivity contribution in [2.45, 2.75) is 63.3 Å². The van der Waals surface area contributed by atoms with Gasteiger partial charge in [0.05, 0.1) is 0 Å². The normalized spacial score (nSPS) is 23.9. The Labute approximate surface area is 118 Å². The van der Waals surface area contributed by atoms with Crippen molar-refractivity contribution in [2.24, 2.45) is 0 Å². The van der Waals surface area contributed by atoms with Crippen LogP contribution in [0, 0.1) is 0 Å². The smallest absolute Gasteiger partial charge is 0.326 e. The quantitative estimate of drug-likeness (QED) is 0.671. The van der Waals surface area contributed by atoms with Gasteiger partial charge in [-0.1, -0.05) is 26.7 Å². The summed E-state index contributed by atoms with van der Waals surface area (Å²) in [6.45, 7) is 4.02. The van der Waals surface area contributed by atoms with E-state index in [2.05, 4.69) is 17.6 Å². The molecule has 0 radical (unpaired) electrons. The molecule has 6 heteroatoms. The number of carboxylic acid groups (broad SMARTS) is 1. The summed E-state index contributed by atoms with van der Waals surface area (Å²) in [5, 5.41) is 14.9. The lowest BCUT2D eigenvalue weighted by Gasteiger charge is -2.22. The third kappa shape index (κ3) is 5.30. The summed E-state index contributed by atoms with van der Waals surface area (Å²) >= 11 is 1.87. The number of urea groups is 1. The fraction of sp³-hybridized carbons (Fsp3) is 0.846. The van der Waals surface area contributed by atoms with Gasteiger partial charge in [0.2, 0.25) is 0 Å². The largest absolute Gasteiger partial charge is 0.480 e. The van der Waals surface area contributed by atoms with Crippen LogP contribution in [0.2, 0.25) is 0 Å². The molecule has 3 atom stereocenters. The van der Waals surface area contributed by atoms with E-state index in [1.807, 2.05) is 18.7 Å². The van der Waals surface area contributed by atoms with Crippen molar-refractivity contribution < 1.29 is 14.7 Å². The van der Waals surface area contributed by atoms with Crippen molar-refractivity contribution in [1.82, 2.24) is 10.6 Å². The van der Waals surface area contributed by atoms with E-state index in [4.69, 9.17) is 5.11 Å². The minimum Gasteiger partial charge on any atom is -0.480 e. The zero-order valence-electron chi connectivity index (χ0n) is 11.6. The first-order valence-electron chi connectivity index (χ1n) is 6.99. The van der Waals surface area contributed by atoms with Crippen LogP contribution in [-0.2, 0) is 4.79 Å². The maximum atomic E-state index is 11.8. The molecule has 0 spiro atoms. The molecule has 1 aliphatic carbocycles. The standard InChI is InChI=1S/C13H24N2O3S/c1-3-6-10(12(16)17)15-13(18)14-9-7-5-8-11(9)19-4-2/h9-11H,3-8H2,1-2H3,(H,16,17)(H2,14,15,18). The molecule has 0 aromatic heterocycles. The Morgan fingerprint density at radius 3 is 2.68 bits per heavy atom. The average molecular weight is 288 g/mol. The maximum absolute atomic E-state index is 11.8. The third-order valence-corrected chi connectivity index (χ3v) is 4.66. The first-order valence-corrected chi connectivity index (χ1v) is 8.04. The van der Waals surface area contributed by atoms with Crippen LogP contribution in [0.1, 0.15) is 46.0 Å². The van der Waals surface area contributed by atoms with Crippen molar-refractivity contribution >= 4 is 23.8 Å². The molecule has 3 N–H and O–H groups in total. The molecule has 2 amide bonds. The first-order chi connectivity index (χ1) is 9.08. The summed E-state index contributed by atoms with van der Waals surface area (Å²) in [5.41, 5.74) is 0. The Morgan fingerprint density at radius 1 is 1.37 bits per heavy atom. The molecular weight excluding hydrogens is 264 g/mol. The summed E-state index contributed by atoms with van der Waals surface area (Å²) in [4.78, 5) is 22.8. The molecule has 1 rings (SSSR count). The molecule has 5 nitrogen and oxygen atoms in total. The van der Waals surface area contributed by atoms with Crippen LogP contribution >= 0.6 is 11.8 Å². The van der Waals surface area contributed by atoms with Gasteiger partial charge in [0.25, 0.3) is 0 Å². The molecule has 1 aliphatic rings. The number of carbonyl (C=O) groups is 2. The topological polar surface area (TPSA) is 78.4 Å². The van der Waals surface area contributed by atoms with E-state index in [0.717, 1.165) is 31.4 Å². The lowest BCUT2D eigenvalue weighted by atomic mass is 10.2. The molecule has 0 aromatic rings. The molecule has 1 saturated carbocycles. The lowest BCUT2D eigenvalue weighted by Crippen LogP contribution is -2.50. The van der Waals surface area contributed by atoms with Gasteiger partial charge in [-0.25, -0.2) is 9.59 Å². The number of rotatable bonds is 7. The van der Waals surface area contributed by atoms with Gasteiger partial charge in [0.15, 0.2) is 0 Å². The van der Waals surface area contributed by atoms with Crippen LogP contribution < -0.4 is 10.6 Å². The molecule has 0 heterocycles. The monoisotopic (exact) mass is 288 g/mol. The Hall–Kier alpha value is -0.910. The molecule has 110 valence electrons. The molecule has 0 aromatic carbocycles. The minimum atomic E-state index is -0.970. The lowest BCUT2D eigenvalue weighted by molar-refractivity contribution is -0.139. The van der Waals surface area contributed by atoms with Crippen molar-refractivity contribution in [3.8, 4) is 0 Å². The van der Waals surface area contributed by atoms with Crippen molar-refractivity contribution in [3.63, 3.8) is 0 Å². The first kappa shape index (κ1) is 16.1. The molecule has 0 aliphatic heterocycles. The van der Waals surface area contributed by atoms with E-state index < -0.39 is 12.0 Å². The maximum Gasteiger partial charge on any atom is 0.326 e. The summed E-state index contributed by atoms with van der Waals surface area (Å²) in [5.74, 6) is 0.0702. The Bertz CT molecular complexity index is 312. The van der Waals surface area contributed by atoms with E-state index in [1.165, 1.54) is 0 Å². The van der Waals surface area contributed by atoms with E-state index in [-0.39, 0.29) is 12.1 Å². The second kappa shape index (κ2) is 8.30. The Balaban J connectivity index is 2.43. The van der Waals surface area contributed by atoms with Gasteiger partial charge >= 0.3 is 12.0 Å². The molecule has 0 bridgehead atoms. The number of nitrogens with one attached hydrogen (secondary N) is 2. The highest BCUT2D eigenvalue weighted by molar-refractivity contribution is 7.99. The van der Waals surface area contributed by atoms with Gasteiger partial charge in [0.1, 0.15) is 6.04 Å². The minimum absolute atomic E-state index is 0.168. The highest BCUT2D eigenvalue weighted by atomic mass is 32.2. The number of aliphatic carboxylic acids is 1. The van der Waals surface area contributed by atoms with Gasteiger partial charge in [-0.15, -0.1) is 0 Å². The Morgan fingerprint density at radius 2 is 2.11 bits per heavy atom. The van der Waals surface area contributed by atoms with E-state index >= 15 is 0 Å². The van der Waals surface area contributed by atoms with Gasteiger partial charge in [-0.3, -0.25) is 0 Å². The van der Waals surface area contributed by atoms with Crippen LogP contribution in [0.25, 0.3) is 0 Å². The molecule has 0 saturated heterocycles. The van der Waals surface area contributed by atoms with Crippen molar-refractivity contribution in [2.75, 3.05) is 5.75 Å². The van der Waals surface area contributed by atoms with Crippen molar-refractivity contribution in [1.29, 1.82) is 0 Å². The zero-order chi connectivity index (χ0) is 14.3. The highest BCUT2D eigenvalue weighted by Crippen LogP contribution is 2.29. The zero-order valence-corrected chi connectivity index (χ0v) is 12.5. The predicted octanol–water partition coefficient (Wildman–Crippen LogP) is 2.21. The average Bonchev–Trinajstić information content (AvgIpc) is 2.76. The number of hydrogen-bond acceptors (Lipinski definition) is 3. The second-order valence-electron chi connectivity index (χ2n) is 4.83. The third-order valence-electron chi connectivity index (χ3n) is 3.33. The predicted molar refractivity (Wildman–Crippen MR) is 77.6 cm³/mol.